The minimum Gasteiger partial charge on any atom is -0.366 e. The number of carbonyl (C=O) groups excluding carboxylic acids is 1. The van der Waals surface area contributed by atoms with Gasteiger partial charge in [0, 0.05) is 32.4 Å². The summed E-state index contributed by atoms with van der Waals surface area (Å²) in [5.41, 5.74) is 0.169. The van der Waals surface area contributed by atoms with Crippen molar-refractivity contribution in [2.24, 2.45) is 0 Å². The highest BCUT2D eigenvalue weighted by molar-refractivity contribution is 5.99. The van der Waals surface area contributed by atoms with E-state index in [1.165, 1.54) is 6.42 Å². The number of pyridine rings is 1. The summed E-state index contributed by atoms with van der Waals surface area (Å²) in [6.07, 6.45) is 5.19. The summed E-state index contributed by atoms with van der Waals surface area (Å²) in [5.74, 6) is 0.900. The molecule has 5 nitrogen and oxygen atoms in total. The zero-order valence-corrected chi connectivity index (χ0v) is 15.3. The van der Waals surface area contributed by atoms with Crippen molar-refractivity contribution in [2.75, 3.05) is 31.1 Å². The van der Waals surface area contributed by atoms with Gasteiger partial charge in [0.05, 0.1) is 16.8 Å². The third-order valence-electron chi connectivity index (χ3n) is 4.66. The molecule has 0 spiro atoms. The number of piperidine rings is 1. The van der Waals surface area contributed by atoms with Gasteiger partial charge in [-0.3, -0.25) is 4.79 Å². The molecule has 0 saturated carbocycles. The predicted octanol–water partition coefficient (Wildman–Crippen LogP) is 3.10. The van der Waals surface area contributed by atoms with Crippen LogP contribution in [0, 0.1) is 0 Å². The molecule has 2 fully saturated rings. The van der Waals surface area contributed by atoms with Gasteiger partial charge in [-0.05, 0) is 59.1 Å². The first-order chi connectivity index (χ1) is 11.3. The third-order valence-corrected chi connectivity index (χ3v) is 4.66. The minimum absolute atomic E-state index is 0.111. The molecule has 0 N–H and O–H groups in total. The second kappa shape index (κ2) is 6.36. The third kappa shape index (κ3) is 3.72. The van der Waals surface area contributed by atoms with E-state index in [0.717, 1.165) is 44.8 Å². The molecule has 1 amide bonds. The van der Waals surface area contributed by atoms with Crippen molar-refractivity contribution >= 4 is 11.7 Å². The fourth-order valence-corrected chi connectivity index (χ4v) is 4.02. The number of amides is 1. The van der Waals surface area contributed by atoms with Gasteiger partial charge in [-0.25, -0.2) is 4.98 Å². The van der Waals surface area contributed by atoms with E-state index in [0.29, 0.717) is 5.56 Å². The first kappa shape index (κ1) is 17.2. The van der Waals surface area contributed by atoms with E-state index in [9.17, 15) is 4.79 Å². The molecule has 2 aliphatic heterocycles. The normalized spacial score (nSPS) is 23.2. The van der Waals surface area contributed by atoms with Crippen LogP contribution in [0.25, 0.3) is 0 Å². The molecule has 0 bridgehead atoms. The van der Waals surface area contributed by atoms with Crippen LogP contribution in [-0.2, 0) is 4.74 Å². The smallest absolute Gasteiger partial charge is 0.257 e. The summed E-state index contributed by atoms with van der Waals surface area (Å²) in [6, 6.07) is 3.77. The Hall–Kier alpha value is -1.62. The van der Waals surface area contributed by atoms with Crippen LogP contribution in [0.15, 0.2) is 18.3 Å². The lowest BCUT2D eigenvalue weighted by Gasteiger charge is -2.48. The number of hydrogen-bond donors (Lipinski definition) is 0. The lowest BCUT2D eigenvalue weighted by atomic mass is 9.98. The van der Waals surface area contributed by atoms with E-state index < -0.39 is 0 Å². The molecule has 2 aliphatic rings. The Morgan fingerprint density at radius 1 is 1.08 bits per heavy atom. The van der Waals surface area contributed by atoms with Gasteiger partial charge >= 0.3 is 0 Å². The second-order valence-electron chi connectivity index (χ2n) is 8.20. The first-order valence-electron chi connectivity index (χ1n) is 8.97. The number of anilines is 1. The van der Waals surface area contributed by atoms with E-state index in [4.69, 9.17) is 4.74 Å². The molecular formula is C19H29N3O2. The average Bonchev–Trinajstić information content (AvgIpc) is 2.52. The molecule has 0 unspecified atom stereocenters. The molecular weight excluding hydrogens is 302 g/mol. The van der Waals surface area contributed by atoms with Crippen molar-refractivity contribution in [3.05, 3.63) is 23.9 Å². The van der Waals surface area contributed by atoms with Gasteiger partial charge in [0.1, 0.15) is 5.82 Å². The molecule has 3 heterocycles. The standard InChI is InChI=1S/C19H29N3O2/c1-18(2)13-22(14-19(3,4)24-18)16-15(9-8-10-20-16)17(23)21-11-6-5-7-12-21/h8-10H,5-7,11-14H2,1-4H3. The number of carbonyl (C=O) groups is 1. The van der Waals surface area contributed by atoms with Crippen LogP contribution in [0.4, 0.5) is 5.82 Å². The molecule has 0 aromatic carbocycles. The van der Waals surface area contributed by atoms with Crippen LogP contribution in [0.5, 0.6) is 0 Å². The fourth-order valence-electron chi connectivity index (χ4n) is 4.02. The zero-order chi connectivity index (χ0) is 17.4. The second-order valence-corrected chi connectivity index (χ2v) is 8.20. The van der Waals surface area contributed by atoms with Gasteiger partial charge in [-0.2, -0.15) is 0 Å². The first-order valence-corrected chi connectivity index (χ1v) is 8.97. The van der Waals surface area contributed by atoms with Crippen LogP contribution < -0.4 is 4.90 Å². The fraction of sp³-hybridized carbons (Fsp3) is 0.684. The summed E-state index contributed by atoms with van der Waals surface area (Å²) < 4.78 is 6.16. The van der Waals surface area contributed by atoms with Gasteiger partial charge in [-0.1, -0.05) is 0 Å². The molecule has 0 radical (unpaired) electrons. The minimum atomic E-state index is -0.273. The van der Waals surface area contributed by atoms with Gasteiger partial charge in [0.25, 0.3) is 5.91 Å². The zero-order valence-electron chi connectivity index (χ0n) is 15.3. The monoisotopic (exact) mass is 331 g/mol. The summed E-state index contributed by atoms with van der Waals surface area (Å²) in [7, 11) is 0. The maximum atomic E-state index is 13.0. The Morgan fingerprint density at radius 3 is 2.33 bits per heavy atom. The maximum absolute atomic E-state index is 13.0. The summed E-state index contributed by atoms with van der Waals surface area (Å²) >= 11 is 0. The molecule has 3 rings (SSSR count). The Labute approximate surface area is 145 Å². The van der Waals surface area contributed by atoms with Crippen LogP contribution in [0.3, 0.4) is 0 Å². The van der Waals surface area contributed by atoms with Gasteiger partial charge < -0.3 is 14.5 Å². The number of morpholine rings is 1. The molecule has 2 saturated heterocycles. The number of likely N-dealkylation sites (tertiary alicyclic amines) is 1. The van der Waals surface area contributed by atoms with Crippen molar-refractivity contribution in [3.63, 3.8) is 0 Å². The van der Waals surface area contributed by atoms with Gasteiger partial charge in [-0.15, -0.1) is 0 Å². The van der Waals surface area contributed by atoms with Crippen molar-refractivity contribution < 1.29 is 9.53 Å². The molecule has 1 aromatic rings. The van der Waals surface area contributed by atoms with Crippen LogP contribution in [0.2, 0.25) is 0 Å². The van der Waals surface area contributed by atoms with Gasteiger partial charge in [0.2, 0.25) is 0 Å². The maximum Gasteiger partial charge on any atom is 0.257 e. The van der Waals surface area contributed by atoms with E-state index in [-0.39, 0.29) is 17.1 Å². The number of nitrogens with zero attached hydrogens (tertiary/aromatic N) is 3. The lowest BCUT2D eigenvalue weighted by molar-refractivity contribution is -0.133. The van der Waals surface area contributed by atoms with Crippen LogP contribution in [-0.4, -0.2) is 53.2 Å². The molecule has 0 aliphatic carbocycles. The number of hydrogen-bond acceptors (Lipinski definition) is 4. The van der Waals surface area contributed by atoms with E-state index in [2.05, 4.69) is 37.6 Å². The van der Waals surface area contributed by atoms with Gasteiger partial charge in [0.15, 0.2) is 0 Å². The summed E-state index contributed by atoms with van der Waals surface area (Å²) in [6.45, 7) is 11.5. The van der Waals surface area contributed by atoms with E-state index in [1.54, 1.807) is 6.20 Å². The van der Waals surface area contributed by atoms with Crippen molar-refractivity contribution in [3.8, 4) is 0 Å². The van der Waals surface area contributed by atoms with E-state index in [1.807, 2.05) is 17.0 Å². The average molecular weight is 331 g/mol. The summed E-state index contributed by atoms with van der Waals surface area (Å²) in [5, 5.41) is 0. The molecule has 1 aromatic heterocycles. The highest BCUT2D eigenvalue weighted by Crippen LogP contribution is 2.32. The SMILES string of the molecule is CC1(C)CN(c2ncccc2C(=O)N2CCCCC2)CC(C)(C)O1. The topological polar surface area (TPSA) is 45.7 Å². The molecule has 5 heteroatoms. The molecule has 0 atom stereocenters. The van der Waals surface area contributed by atoms with Crippen molar-refractivity contribution in [1.29, 1.82) is 0 Å². The predicted molar refractivity (Wildman–Crippen MR) is 95.4 cm³/mol. The van der Waals surface area contributed by atoms with E-state index >= 15 is 0 Å². The highest BCUT2D eigenvalue weighted by atomic mass is 16.5. The number of rotatable bonds is 2. The Morgan fingerprint density at radius 2 is 1.71 bits per heavy atom. The largest absolute Gasteiger partial charge is 0.366 e. The Kier molecular flexibility index (Phi) is 4.56. The Bertz CT molecular complexity index is 590. The molecule has 132 valence electrons. The van der Waals surface area contributed by atoms with Crippen LogP contribution >= 0.6 is 0 Å². The van der Waals surface area contributed by atoms with Crippen LogP contribution in [0.1, 0.15) is 57.3 Å². The number of ether oxygens (including phenoxy) is 1. The van der Waals surface area contributed by atoms with Crippen molar-refractivity contribution in [2.45, 2.75) is 58.2 Å². The van der Waals surface area contributed by atoms with Crippen molar-refractivity contribution in [1.82, 2.24) is 9.88 Å². The number of aromatic nitrogens is 1. The highest BCUT2D eigenvalue weighted by Gasteiger charge is 2.39. The molecule has 24 heavy (non-hydrogen) atoms. The quantitative estimate of drug-likeness (QED) is 0.835. The summed E-state index contributed by atoms with van der Waals surface area (Å²) in [4.78, 5) is 21.8. The Balaban J connectivity index is 1.90. The lowest BCUT2D eigenvalue weighted by Crippen LogP contribution is -2.57.